The van der Waals surface area contributed by atoms with E-state index in [0.29, 0.717) is 24.1 Å². The van der Waals surface area contributed by atoms with Crippen molar-refractivity contribution in [1.29, 1.82) is 5.41 Å². The number of amides is 2. The molecule has 1 aliphatic carbocycles. The van der Waals surface area contributed by atoms with Crippen LogP contribution in [0.1, 0.15) is 30.0 Å². The number of carbonyl (C=O) groups excluding carboxylic acids is 2. The van der Waals surface area contributed by atoms with E-state index in [2.05, 4.69) is 20.8 Å². The number of carbonyl (C=O) groups is 3. The maximum atomic E-state index is 12.5. The summed E-state index contributed by atoms with van der Waals surface area (Å²) in [5, 5.41) is 29.6. The fourth-order valence-corrected chi connectivity index (χ4v) is 3.25. The van der Waals surface area contributed by atoms with Gasteiger partial charge in [0.2, 0.25) is 11.8 Å². The zero-order valence-electron chi connectivity index (χ0n) is 16.0. The number of nitrogens with one attached hydrogen (secondary N) is 3. The van der Waals surface area contributed by atoms with Crippen LogP contribution in [0, 0.1) is 17.2 Å². The third-order valence-corrected chi connectivity index (χ3v) is 5.14. The van der Waals surface area contributed by atoms with E-state index in [1.54, 1.807) is 30.3 Å². The van der Waals surface area contributed by atoms with Gasteiger partial charge in [0.1, 0.15) is 11.8 Å². The van der Waals surface area contributed by atoms with Gasteiger partial charge >= 0.3 is 5.97 Å². The molecule has 6 N–H and O–H groups in total. The molecule has 0 radical (unpaired) electrons. The van der Waals surface area contributed by atoms with Crippen LogP contribution in [0.5, 0.6) is 0 Å². The van der Waals surface area contributed by atoms with Crippen LogP contribution in [0.15, 0.2) is 42.6 Å². The Hall–Kier alpha value is -3.82. The largest absolute Gasteiger partial charge is 0.481 e. The highest BCUT2D eigenvalue weighted by molar-refractivity contribution is 5.98. The summed E-state index contributed by atoms with van der Waals surface area (Å²) in [6.07, 6.45) is 2.56. The third-order valence-electron chi connectivity index (χ3n) is 5.14. The number of anilines is 1. The van der Waals surface area contributed by atoms with E-state index in [4.69, 9.17) is 11.1 Å². The molecule has 10 heteroatoms. The van der Waals surface area contributed by atoms with Gasteiger partial charge in [-0.25, -0.2) is 0 Å². The van der Waals surface area contributed by atoms with Gasteiger partial charge in [0.25, 0.3) is 0 Å². The SMILES string of the molecule is N=C(N)c1ccc(NC(=O)C2CCC2C(=O)NCC(C(=O)O)c2cccnn2)cc1. The van der Waals surface area contributed by atoms with Crippen molar-refractivity contribution >= 4 is 29.3 Å². The molecule has 1 aromatic carbocycles. The maximum Gasteiger partial charge on any atom is 0.314 e. The molecular formula is C20H22N6O4. The first-order valence-electron chi connectivity index (χ1n) is 9.40. The lowest BCUT2D eigenvalue weighted by atomic mass is 9.72. The summed E-state index contributed by atoms with van der Waals surface area (Å²) in [7, 11) is 0. The summed E-state index contributed by atoms with van der Waals surface area (Å²) in [6.45, 7) is -0.135. The lowest BCUT2D eigenvalue weighted by molar-refractivity contribution is -0.140. The Morgan fingerprint density at radius 3 is 2.33 bits per heavy atom. The highest BCUT2D eigenvalue weighted by Crippen LogP contribution is 2.35. The molecular weight excluding hydrogens is 388 g/mol. The van der Waals surface area contributed by atoms with E-state index in [9.17, 15) is 19.5 Å². The average molecular weight is 410 g/mol. The molecule has 1 aromatic heterocycles. The molecule has 1 fully saturated rings. The number of aliphatic carboxylic acids is 1. The molecule has 0 bridgehead atoms. The van der Waals surface area contributed by atoms with E-state index >= 15 is 0 Å². The van der Waals surface area contributed by atoms with Crippen LogP contribution < -0.4 is 16.4 Å². The van der Waals surface area contributed by atoms with Crippen molar-refractivity contribution in [2.24, 2.45) is 17.6 Å². The molecule has 1 aliphatic rings. The van der Waals surface area contributed by atoms with Crippen LogP contribution in [0.2, 0.25) is 0 Å². The minimum Gasteiger partial charge on any atom is -0.481 e. The Bertz CT molecular complexity index is 948. The predicted octanol–water partition coefficient (Wildman–Crippen LogP) is 0.710. The summed E-state index contributed by atoms with van der Waals surface area (Å²) < 4.78 is 0. The molecule has 0 saturated heterocycles. The molecule has 3 rings (SSSR count). The predicted molar refractivity (Wildman–Crippen MR) is 108 cm³/mol. The molecule has 2 amide bonds. The molecule has 3 unspecified atom stereocenters. The van der Waals surface area contributed by atoms with Crippen molar-refractivity contribution in [2.75, 3.05) is 11.9 Å². The van der Waals surface area contributed by atoms with Crippen LogP contribution in [0.25, 0.3) is 0 Å². The first kappa shape index (κ1) is 20.9. The van der Waals surface area contributed by atoms with E-state index in [1.807, 2.05) is 0 Å². The Kier molecular flexibility index (Phi) is 6.35. The number of amidine groups is 1. The Morgan fingerprint density at radius 2 is 1.80 bits per heavy atom. The van der Waals surface area contributed by atoms with Crippen LogP contribution in [0.4, 0.5) is 5.69 Å². The van der Waals surface area contributed by atoms with Crippen molar-refractivity contribution in [3.63, 3.8) is 0 Å². The average Bonchev–Trinajstić information content (AvgIpc) is 2.68. The summed E-state index contributed by atoms with van der Waals surface area (Å²) in [5.74, 6) is -3.84. The monoisotopic (exact) mass is 410 g/mol. The third kappa shape index (κ3) is 4.77. The second kappa shape index (κ2) is 9.12. The standard InChI is InChI=1S/C20H22N6O4/c21-17(22)11-3-5-12(6-4-11)25-19(28)14-8-7-13(14)18(27)23-10-15(20(29)30)16-2-1-9-24-26-16/h1-6,9,13-15H,7-8,10H2,(H3,21,22)(H,23,27)(H,25,28)(H,29,30). The van der Waals surface area contributed by atoms with Gasteiger partial charge in [0.15, 0.2) is 0 Å². The van der Waals surface area contributed by atoms with Gasteiger partial charge in [-0.2, -0.15) is 10.2 Å². The Labute approximate surface area is 172 Å². The van der Waals surface area contributed by atoms with Crippen LogP contribution in [0.3, 0.4) is 0 Å². The van der Waals surface area contributed by atoms with Gasteiger partial charge in [-0.15, -0.1) is 0 Å². The van der Waals surface area contributed by atoms with Gasteiger partial charge in [-0.1, -0.05) is 0 Å². The molecule has 156 valence electrons. The number of nitrogen functional groups attached to an aromatic ring is 1. The van der Waals surface area contributed by atoms with Gasteiger partial charge in [-0.3, -0.25) is 19.8 Å². The summed E-state index contributed by atoms with van der Waals surface area (Å²) in [4.78, 5) is 36.5. The normalized spacial score (nSPS) is 18.5. The number of carboxylic acid groups (broad SMARTS) is 1. The highest BCUT2D eigenvalue weighted by atomic mass is 16.4. The van der Waals surface area contributed by atoms with Crippen LogP contribution >= 0.6 is 0 Å². The molecule has 1 saturated carbocycles. The first-order chi connectivity index (χ1) is 14.4. The lowest BCUT2D eigenvalue weighted by Gasteiger charge is -2.34. The number of hydrogen-bond donors (Lipinski definition) is 5. The number of nitrogens with zero attached hydrogens (tertiary/aromatic N) is 2. The van der Waals surface area contributed by atoms with Crippen molar-refractivity contribution in [1.82, 2.24) is 15.5 Å². The molecule has 30 heavy (non-hydrogen) atoms. The lowest BCUT2D eigenvalue weighted by Crippen LogP contribution is -2.47. The number of rotatable bonds is 8. The molecule has 10 nitrogen and oxygen atoms in total. The minimum atomic E-state index is -1.12. The summed E-state index contributed by atoms with van der Waals surface area (Å²) >= 11 is 0. The second-order valence-electron chi connectivity index (χ2n) is 7.06. The fourth-order valence-electron chi connectivity index (χ4n) is 3.25. The van der Waals surface area contributed by atoms with Crippen LogP contribution in [-0.4, -0.2) is 45.5 Å². The first-order valence-corrected chi connectivity index (χ1v) is 9.40. The summed E-state index contributed by atoms with van der Waals surface area (Å²) in [5.41, 5.74) is 6.75. The minimum absolute atomic E-state index is 0.0650. The van der Waals surface area contributed by atoms with E-state index in [-0.39, 0.29) is 29.9 Å². The zero-order chi connectivity index (χ0) is 21.7. The van der Waals surface area contributed by atoms with Gasteiger partial charge in [0, 0.05) is 35.8 Å². The smallest absolute Gasteiger partial charge is 0.314 e. The molecule has 0 spiro atoms. The van der Waals surface area contributed by atoms with Crippen molar-refractivity contribution in [2.45, 2.75) is 18.8 Å². The van der Waals surface area contributed by atoms with E-state index in [1.165, 1.54) is 12.3 Å². The Morgan fingerprint density at radius 1 is 1.13 bits per heavy atom. The van der Waals surface area contributed by atoms with Gasteiger partial charge in [0.05, 0.1) is 5.69 Å². The van der Waals surface area contributed by atoms with Crippen molar-refractivity contribution < 1.29 is 19.5 Å². The van der Waals surface area contributed by atoms with E-state index in [0.717, 1.165) is 0 Å². The number of aromatic nitrogens is 2. The molecule has 3 atom stereocenters. The maximum absolute atomic E-state index is 12.5. The van der Waals surface area contributed by atoms with Crippen LogP contribution in [-0.2, 0) is 14.4 Å². The second-order valence-corrected chi connectivity index (χ2v) is 7.06. The molecule has 1 heterocycles. The summed E-state index contributed by atoms with van der Waals surface area (Å²) in [6, 6.07) is 9.65. The fraction of sp³-hybridized carbons (Fsp3) is 0.300. The van der Waals surface area contributed by atoms with Gasteiger partial charge < -0.3 is 21.5 Å². The van der Waals surface area contributed by atoms with Gasteiger partial charge in [-0.05, 0) is 49.2 Å². The number of hydrogen-bond acceptors (Lipinski definition) is 6. The van der Waals surface area contributed by atoms with E-state index < -0.39 is 23.7 Å². The molecule has 2 aromatic rings. The number of nitrogens with two attached hydrogens (primary N) is 1. The Balaban J connectivity index is 1.56. The quantitative estimate of drug-likeness (QED) is 0.315. The highest BCUT2D eigenvalue weighted by Gasteiger charge is 2.41. The van der Waals surface area contributed by atoms with Crippen molar-refractivity contribution in [3.8, 4) is 0 Å². The van der Waals surface area contributed by atoms with Crippen molar-refractivity contribution in [3.05, 3.63) is 53.9 Å². The molecule has 0 aliphatic heterocycles. The number of carboxylic acids is 1. The topological polar surface area (TPSA) is 171 Å². The number of benzene rings is 1. The zero-order valence-corrected chi connectivity index (χ0v) is 16.0.